The summed E-state index contributed by atoms with van der Waals surface area (Å²) in [6, 6.07) is 7.98. The van der Waals surface area contributed by atoms with Crippen LogP contribution >= 0.6 is 0 Å². The highest BCUT2D eigenvalue weighted by Gasteiger charge is 2.16. The first-order valence-electron chi connectivity index (χ1n) is 11.4. The Labute approximate surface area is 199 Å². The minimum Gasteiger partial charge on any atom is -0.464 e. The van der Waals surface area contributed by atoms with Gasteiger partial charge in [-0.25, -0.2) is 0 Å². The van der Waals surface area contributed by atoms with Crippen molar-refractivity contribution < 1.29 is 23.5 Å². The smallest absolute Gasteiger partial charge is 0.310 e. The molecule has 180 valence electrons. The molecule has 2 amide bonds. The van der Waals surface area contributed by atoms with Crippen LogP contribution in [0.1, 0.15) is 53.1 Å². The molecule has 0 aliphatic heterocycles. The second-order valence-electron chi connectivity index (χ2n) is 9.06. The largest absolute Gasteiger partial charge is 0.464 e. The topological polar surface area (TPSA) is 97.6 Å². The quantitative estimate of drug-likeness (QED) is 0.474. The first kappa shape index (κ1) is 25.0. The second-order valence-corrected chi connectivity index (χ2v) is 9.06. The molecular formula is C27H32N2O5. The second kappa shape index (κ2) is 10.5. The van der Waals surface area contributed by atoms with Gasteiger partial charge < -0.3 is 19.8 Å². The highest BCUT2D eigenvalue weighted by molar-refractivity contribution is 5.96. The van der Waals surface area contributed by atoms with Crippen molar-refractivity contribution in [3.63, 3.8) is 0 Å². The van der Waals surface area contributed by atoms with Crippen molar-refractivity contribution in [2.24, 2.45) is 0 Å². The van der Waals surface area contributed by atoms with Gasteiger partial charge in [0, 0.05) is 16.6 Å². The minimum atomic E-state index is -0.546. The number of benzene rings is 2. The van der Waals surface area contributed by atoms with Crippen molar-refractivity contribution in [1.29, 1.82) is 0 Å². The maximum atomic E-state index is 12.3. The summed E-state index contributed by atoms with van der Waals surface area (Å²) in [4.78, 5) is 36.6. The molecule has 3 aromatic rings. The van der Waals surface area contributed by atoms with Crippen molar-refractivity contribution in [3.05, 3.63) is 63.9 Å². The van der Waals surface area contributed by atoms with Crippen molar-refractivity contribution in [2.45, 2.75) is 53.9 Å². The summed E-state index contributed by atoms with van der Waals surface area (Å²) in [5, 5.41) is 6.16. The lowest BCUT2D eigenvalue weighted by Crippen LogP contribution is -2.36. The molecular weight excluding hydrogens is 432 g/mol. The molecule has 0 saturated heterocycles. The third-order valence-electron chi connectivity index (χ3n) is 5.75. The molecule has 0 aliphatic rings. The van der Waals surface area contributed by atoms with Gasteiger partial charge in [-0.05, 0) is 68.0 Å². The number of furan rings is 1. The van der Waals surface area contributed by atoms with Gasteiger partial charge in [-0.2, -0.15) is 0 Å². The lowest BCUT2D eigenvalue weighted by atomic mass is 9.95. The highest BCUT2D eigenvalue weighted by Crippen LogP contribution is 2.29. The molecule has 0 aliphatic carbocycles. The number of carbonyl (C=O) groups excluding carboxylic acids is 3. The summed E-state index contributed by atoms with van der Waals surface area (Å²) in [6.07, 6.45) is 1.54. The predicted molar refractivity (Wildman–Crippen MR) is 132 cm³/mol. The summed E-state index contributed by atoms with van der Waals surface area (Å²) in [7, 11) is 0. The fourth-order valence-electron chi connectivity index (χ4n) is 4.15. The normalized spacial score (nSPS) is 11.0. The number of hydrogen-bond donors (Lipinski definition) is 2. The Morgan fingerprint density at radius 1 is 0.941 bits per heavy atom. The number of esters is 1. The molecule has 1 heterocycles. The van der Waals surface area contributed by atoms with Gasteiger partial charge in [-0.15, -0.1) is 0 Å². The van der Waals surface area contributed by atoms with Gasteiger partial charge in [0.05, 0.1) is 19.2 Å². The Balaban J connectivity index is 1.49. The lowest BCUT2D eigenvalue weighted by Gasteiger charge is -2.13. The van der Waals surface area contributed by atoms with Crippen LogP contribution in [0.4, 0.5) is 5.69 Å². The fraction of sp³-hybridized carbons (Fsp3) is 0.370. The molecule has 0 fully saturated rings. The number of aryl methyl sites for hydroxylation is 4. The van der Waals surface area contributed by atoms with Crippen LogP contribution in [0.2, 0.25) is 0 Å². The van der Waals surface area contributed by atoms with Gasteiger partial charge in [0.1, 0.15) is 5.58 Å². The van der Waals surface area contributed by atoms with Crippen LogP contribution in [0.3, 0.4) is 0 Å². The predicted octanol–water partition coefficient (Wildman–Crippen LogP) is 4.63. The molecule has 3 rings (SSSR count). The van der Waals surface area contributed by atoms with Gasteiger partial charge >= 0.3 is 5.97 Å². The summed E-state index contributed by atoms with van der Waals surface area (Å²) in [5.41, 5.74) is 7.51. The Kier molecular flexibility index (Phi) is 7.76. The molecule has 0 unspecified atom stereocenters. The van der Waals surface area contributed by atoms with Crippen LogP contribution in [0.25, 0.3) is 11.0 Å². The van der Waals surface area contributed by atoms with E-state index in [4.69, 9.17) is 9.15 Å². The monoisotopic (exact) mass is 464 g/mol. The average Bonchev–Trinajstić information content (AvgIpc) is 3.13. The van der Waals surface area contributed by atoms with E-state index in [1.54, 1.807) is 6.26 Å². The zero-order valence-electron chi connectivity index (χ0n) is 20.6. The fourth-order valence-corrected chi connectivity index (χ4v) is 4.15. The van der Waals surface area contributed by atoms with Gasteiger partial charge in [-0.1, -0.05) is 31.5 Å². The number of carbonyl (C=O) groups is 3. The van der Waals surface area contributed by atoms with Crippen molar-refractivity contribution in [1.82, 2.24) is 5.32 Å². The summed E-state index contributed by atoms with van der Waals surface area (Å²) in [5.74, 6) is -1.09. The summed E-state index contributed by atoms with van der Waals surface area (Å²) < 4.78 is 10.7. The Bertz CT molecular complexity index is 1220. The van der Waals surface area contributed by atoms with Gasteiger partial charge in [0.2, 0.25) is 5.91 Å². The molecule has 0 radical (unpaired) electrons. The maximum absolute atomic E-state index is 12.3. The van der Waals surface area contributed by atoms with Gasteiger partial charge in [-0.3, -0.25) is 14.4 Å². The minimum absolute atomic E-state index is 0.00661. The number of ether oxygens (including phenoxy) is 1. The first-order chi connectivity index (χ1) is 16.0. The van der Waals surface area contributed by atoms with Crippen LogP contribution < -0.4 is 10.6 Å². The van der Waals surface area contributed by atoms with E-state index >= 15 is 0 Å². The molecule has 0 saturated carbocycles. The van der Waals surface area contributed by atoms with Crippen molar-refractivity contribution in [2.75, 3.05) is 18.5 Å². The SMILES string of the molecule is Cc1cc(C)c(NC(=O)CNC(=O)COC(=O)Cc2coc3cc(C)c(C(C)C)cc23)c(C)c1. The third-order valence-corrected chi connectivity index (χ3v) is 5.75. The molecule has 7 nitrogen and oxygen atoms in total. The zero-order valence-corrected chi connectivity index (χ0v) is 20.6. The molecule has 2 N–H and O–H groups in total. The first-order valence-corrected chi connectivity index (χ1v) is 11.4. The van der Waals surface area contributed by atoms with Gasteiger partial charge in [0.15, 0.2) is 6.61 Å². The molecule has 34 heavy (non-hydrogen) atoms. The number of amides is 2. The number of rotatable bonds is 8. The zero-order chi connectivity index (χ0) is 25.0. The van der Waals surface area contributed by atoms with Gasteiger partial charge in [0.25, 0.3) is 5.91 Å². The third kappa shape index (κ3) is 6.04. The van der Waals surface area contributed by atoms with Crippen LogP contribution in [-0.2, 0) is 25.5 Å². The molecule has 0 atom stereocenters. The lowest BCUT2D eigenvalue weighted by molar-refractivity contribution is -0.147. The van der Waals surface area contributed by atoms with E-state index in [1.807, 2.05) is 52.0 Å². The van der Waals surface area contributed by atoms with E-state index in [1.165, 1.54) is 5.56 Å². The van der Waals surface area contributed by atoms with Crippen molar-refractivity contribution >= 4 is 34.4 Å². The molecule has 1 aromatic heterocycles. The molecule has 7 heteroatoms. The Hall–Kier alpha value is -3.61. The number of anilines is 1. The van der Waals surface area contributed by atoms with Crippen LogP contribution in [0, 0.1) is 27.7 Å². The van der Waals surface area contributed by atoms with Crippen LogP contribution in [-0.4, -0.2) is 30.9 Å². The highest BCUT2D eigenvalue weighted by atomic mass is 16.5. The van der Waals surface area contributed by atoms with Crippen LogP contribution in [0.15, 0.2) is 34.9 Å². The van der Waals surface area contributed by atoms with E-state index in [-0.39, 0.29) is 18.9 Å². The van der Waals surface area contributed by atoms with E-state index in [0.29, 0.717) is 17.1 Å². The van der Waals surface area contributed by atoms with E-state index in [0.717, 1.165) is 33.3 Å². The van der Waals surface area contributed by atoms with Crippen molar-refractivity contribution in [3.8, 4) is 0 Å². The average molecular weight is 465 g/mol. The van der Waals surface area contributed by atoms with E-state index in [9.17, 15) is 14.4 Å². The number of nitrogens with one attached hydrogen (secondary N) is 2. The summed E-state index contributed by atoms with van der Waals surface area (Å²) >= 11 is 0. The molecule has 2 aromatic carbocycles. The van der Waals surface area contributed by atoms with E-state index in [2.05, 4.69) is 24.5 Å². The van der Waals surface area contributed by atoms with Crippen LogP contribution in [0.5, 0.6) is 0 Å². The molecule has 0 bridgehead atoms. The van der Waals surface area contributed by atoms with E-state index < -0.39 is 18.5 Å². The number of hydrogen-bond acceptors (Lipinski definition) is 5. The maximum Gasteiger partial charge on any atom is 0.310 e. The summed E-state index contributed by atoms with van der Waals surface area (Å²) in [6.45, 7) is 11.4. The standard InChI is InChI=1S/C27H32N2O5/c1-15(2)21-11-22-20(13-33-23(22)9-17(21)4)10-26(32)34-14-25(31)28-12-24(30)29-27-18(5)7-16(3)8-19(27)6/h7-9,11,13,15H,10,12,14H2,1-6H3,(H,28,31)(H,29,30). The molecule has 0 spiro atoms. The Morgan fingerprint density at radius 2 is 1.62 bits per heavy atom. The Morgan fingerprint density at radius 3 is 2.26 bits per heavy atom. The number of fused-ring (bicyclic) bond motifs is 1.